The van der Waals surface area contributed by atoms with E-state index in [2.05, 4.69) is 10.3 Å². The average Bonchev–Trinajstić information content (AvgIpc) is 2.68. The lowest BCUT2D eigenvalue weighted by atomic mass is 10.2. The number of nitrogens with one attached hydrogen (secondary N) is 1. The van der Waals surface area contributed by atoms with Gasteiger partial charge in [0.05, 0.1) is 16.4 Å². The summed E-state index contributed by atoms with van der Waals surface area (Å²) >= 11 is 6.02. The maximum atomic E-state index is 12.0. The minimum Gasteiger partial charge on any atom is -0.484 e. The Kier molecular flexibility index (Phi) is 6.23. The molecule has 0 radical (unpaired) electrons. The van der Waals surface area contributed by atoms with E-state index in [9.17, 15) is 4.79 Å². The molecule has 0 saturated heterocycles. The molecule has 1 amide bonds. The standard InChI is InChI=1S/C22H19ClN2O2/c1-16-6-10-18(11-7-16)24-14-17-8-12-19(13-9-17)27-15-22(26)25-21-5-3-2-4-20(21)23/h2-14H,15H2,1H3,(H,25,26). The predicted octanol–water partition coefficient (Wildman–Crippen LogP) is 5.42. The van der Waals surface area contributed by atoms with E-state index in [-0.39, 0.29) is 12.5 Å². The van der Waals surface area contributed by atoms with E-state index in [0.29, 0.717) is 16.5 Å². The summed E-state index contributed by atoms with van der Waals surface area (Å²) in [6.45, 7) is 1.95. The number of hydrogen-bond acceptors (Lipinski definition) is 3. The Bertz CT molecular complexity index is 935. The van der Waals surface area contributed by atoms with Crippen molar-refractivity contribution >= 4 is 35.1 Å². The maximum Gasteiger partial charge on any atom is 0.262 e. The number of aliphatic imine (C=N–C) groups is 1. The molecular weight excluding hydrogens is 360 g/mol. The SMILES string of the molecule is Cc1ccc(N=Cc2ccc(OCC(=O)Nc3ccccc3Cl)cc2)cc1. The van der Waals surface area contributed by atoms with Gasteiger partial charge in [-0.05, 0) is 61.0 Å². The smallest absolute Gasteiger partial charge is 0.262 e. The van der Waals surface area contributed by atoms with E-state index >= 15 is 0 Å². The lowest BCUT2D eigenvalue weighted by Gasteiger charge is -2.08. The Balaban J connectivity index is 1.52. The molecule has 5 heteroatoms. The highest BCUT2D eigenvalue weighted by Crippen LogP contribution is 2.20. The molecule has 0 aliphatic heterocycles. The summed E-state index contributed by atoms with van der Waals surface area (Å²) in [7, 11) is 0. The van der Waals surface area contributed by atoms with Crippen molar-refractivity contribution in [3.8, 4) is 5.75 Å². The second-order valence-electron chi connectivity index (χ2n) is 5.98. The van der Waals surface area contributed by atoms with Crippen molar-refractivity contribution in [1.29, 1.82) is 0 Å². The number of para-hydroxylation sites is 1. The Hall–Kier alpha value is -3.11. The third-order valence-electron chi connectivity index (χ3n) is 3.79. The van der Waals surface area contributed by atoms with Crippen LogP contribution in [-0.2, 0) is 4.79 Å². The highest BCUT2D eigenvalue weighted by atomic mass is 35.5. The predicted molar refractivity (Wildman–Crippen MR) is 110 cm³/mol. The quantitative estimate of drug-likeness (QED) is 0.582. The zero-order chi connectivity index (χ0) is 19.1. The monoisotopic (exact) mass is 378 g/mol. The van der Waals surface area contributed by atoms with Gasteiger partial charge in [-0.15, -0.1) is 0 Å². The molecule has 0 bridgehead atoms. The van der Waals surface area contributed by atoms with Crippen LogP contribution in [0.5, 0.6) is 5.75 Å². The van der Waals surface area contributed by atoms with Crippen LogP contribution in [0, 0.1) is 6.92 Å². The molecule has 4 nitrogen and oxygen atoms in total. The number of carbonyl (C=O) groups is 1. The van der Waals surface area contributed by atoms with Crippen LogP contribution in [0.1, 0.15) is 11.1 Å². The van der Waals surface area contributed by atoms with Crippen LogP contribution in [-0.4, -0.2) is 18.7 Å². The van der Waals surface area contributed by atoms with Crippen molar-refractivity contribution in [2.75, 3.05) is 11.9 Å². The van der Waals surface area contributed by atoms with Gasteiger partial charge in [-0.2, -0.15) is 0 Å². The number of ether oxygens (including phenoxy) is 1. The highest BCUT2D eigenvalue weighted by Gasteiger charge is 2.06. The van der Waals surface area contributed by atoms with Gasteiger partial charge in [-0.25, -0.2) is 0 Å². The van der Waals surface area contributed by atoms with Gasteiger partial charge in [0.25, 0.3) is 5.91 Å². The molecule has 0 atom stereocenters. The van der Waals surface area contributed by atoms with Gasteiger partial charge in [0, 0.05) is 6.21 Å². The van der Waals surface area contributed by atoms with Crippen LogP contribution < -0.4 is 10.1 Å². The van der Waals surface area contributed by atoms with Crippen molar-refractivity contribution in [1.82, 2.24) is 0 Å². The number of aryl methyl sites for hydroxylation is 1. The first-order chi connectivity index (χ1) is 13.1. The molecule has 3 aromatic carbocycles. The first kappa shape index (κ1) is 18.7. The fourth-order valence-corrected chi connectivity index (χ4v) is 2.51. The number of amides is 1. The molecule has 0 unspecified atom stereocenters. The largest absolute Gasteiger partial charge is 0.484 e. The van der Waals surface area contributed by atoms with Crippen molar-refractivity contribution in [3.63, 3.8) is 0 Å². The second-order valence-corrected chi connectivity index (χ2v) is 6.39. The van der Waals surface area contributed by atoms with Gasteiger partial charge in [0.2, 0.25) is 0 Å². The van der Waals surface area contributed by atoms with Gasteiger partial charge >= 0.3 is 0 Å². The lowest BCUT2D eigenvalue weighted by Crippen LogP contribution is -2.20. The van der Waals surface area contributed by atoms with Gasteiger partial charge in [0.1, 0.15) is 5.75 Å². The van der Waals surface area contributed by atoms with E-state index < -0.39 is 0 Å². The number of anilines is 1. The highest BCUT2D eigenvalue weighted by molar-refractivity contribution is 6.33. The number of hydrogen-bond donors (Lipinski definition) is 1. The fraction of sp³-hybridized carbons (Fsp3) is 0.0909. The molecule has 0 aliphatic carbocycles. The van der Waals surface area contributed by atoms with Crippen molar-refractivity contribution < 1.29 is 9.53 Å². The summed E-state index contributed by atoms with van der Waals surface area (Å²) in [5.41, 5.74) is 3.62. The molecule has 0 fully saturated rings. The van der Waals surface area contributed by atoms with Gasteiger partial charge in [-0.3, -0.25) is 9.79 Å². The summed E-state index contributed by atoms with van der Waals surface area (Å²) < 4.78 is 5.51. The summed E-state index contributed by atoms with van der Waals surface area (Å²) in [5, 5.41) is 3.21. The molecule has 1 N–H and O–H groups in total. The Morgan fingerprint density at radius 3 is 2.44 bits per heavy atom. The van der Waals surface area contributed by atoms with Crippen LogP contribution in [0.3, 0.4) is 0 Å². The molecule has 3 aromatic rings. The average molecular weight is 379 g/mol. The number of rotatable bonds is 6. The minimum atomic E-state index is -0.270. The van der Waals surface area contributed by atoms with E-state index in [0.717, 1.165) is 11.3 Å². The normalized spacial score (nSPS) is 10.7. The Morgan fingerprint density at radius 1 is 1.04 bits per heavy atom. The Labute approximate surface area is 163 Å². The van der Waals surface area contributed by atoms with Crippen molar-refractivity contribution in [2.45, 2.75) is 6.92 Å². The first-order valence-corrected chi connectivity index (χ1v) is 8.86. The number of halogens is 1. The molecular formula is C22H19ClN2O2. The van der Waals surface area contributed by atoms with E-state index in [1.807, 2.05) is 43.3 Å². The van der Waals surface area contributed by atoms with Crippen LogP contribution in [0.15, 0.2) is 77.8 Å². The van der Waals surface area contributed by atoms with Crippen LogP contribution in [0.4, 0.5) is 11.4 Å². The molecule has 0 aromatic heterocycles. The van der Waals surface area contributed by atoms with E-state index in [1.54, 1.807) is 42.6 Å². The van der Waals surface area contributed by atoms with Crippen LogP contribution >= 0.6 is 11.6 Å². The zero-order valence-electron chi connectivity index (χ0n) is 14.9. The Morgan fingerprint density at radius 2 is 1.74 bits per heavy atom. The van der Waals surface area contributed by atoms with E-state index in [1.165, 1.54) is 5.56 Å². The third-order valence-corrected chi connectivity index (χ3v) is 4.12. The third kappa shape index (κ3) is 5.69. The molecule has 0 saturated carbocycles. The van der Waals surface area contributed by atoms with Gasteiger partial charge in [0.15, 0.2) is 6.61 Å². The lowest BCUT2D eigenvalue weighted by molar-refractivity contribution is -0.118. The summed E-state index contributed by atoms with van der Waals surface area (Å²) in [6.07, 6.45) is 1.79. The molecule has 0 spiro atoms. The van der Waals surface area contributed by atoms with Crippen molar-refractivity contribution in [2.24, 2.45) is 4.99 Å². The molecule has 0 heterocycles. The minimum absolute atomic E-state index is 0.0952. The number of carbonyl (C=O) groups excluding carboxylic acids is 1. The number of benzene rings is 3. The van der Waals surface area contributed by atoms with Crippen LogP contribution in [0.25, 0.3) is 0 Å². The molecule has 27 heavy (non-hydrogen) atoms. The molecule has 0 aliphatic rings. The molecule has 3 rings (SSSR count). The summed E-state index contributed by atoms with van der Waals surface area (Å²) in [5.74, 6) is 0.338. The topological polar surface area (TPSA) is 50.7 Å². The van der Waals surface area contributed by atoms with Gasteiger partial charge in [-0.1, -0.05) is 41.4 Å². The number of nitrogens with zero attached hydrogens (tertiary/aromatic N) is 1. The van der Waals surface area contributed by atoms with E-state index in [4.69, 9.17) is 16.3 Å². The first-order valence-electron chi connectivity index (χ1n) is 8.48. The fourth-order valence-electron chi connectivity index (χ4n) is 2.33. The zero-order valence-corrected chi connectivity index (χ0v) is 15.6. The molecule has 136 valence electrons. The van der Waals surface area contributed by atoms with Crippen LogP contribution in [0.2, 0.25) is 5.02 Å². The second kappa shape index (κ2) is 9.01. The van der Waals surface area contributed by atoms with Gasteiger partial charge < -0.3 is 10.1 Å². The van der Waals surface area contributed by atoms with Crippen molar-refractivity contribution in [3.05, 3.63) is 88.9 Å². The maximum absolute atomic E-state index is 12.0. The summed E-state index contributed by atoms with van der Waals surface area (Å²) in [4.78, 5) is 16.4. The summed E-state index contributed by atoms with van der Waals surface area (Å²) in [6, 6.07) is 22.4.